The van der Waals surface area contributed by atoms with Crippen molar-refractivity contribution in [3.8, 4) is 0 Å². The van der Waals surface area contributed by atoms with Gasteiger partial charge in [-0.25, -0.2) is 0 Å². The van der Waals surface area contributed by atoms with E-state index in [1.807, 2.05) is 37.4 Å². The fraction of sp³-hybridized carbons (Fsp3) is 0.444. The molecular formula is C18H21N3O2. The highest BCUT2D eigenvalue weighted by Gasteiger charge is 2.39. The molecule has 5 nitrogen and oxygen atoms in total. The first-order valence-corrected chi connectivity index (χ1v) is 8.16. The van der Waals surface area contributed by atoms with E-state index in [4.69, 9.17) is 4.74 Å². The van der Waals surface area contributed by atoms with Gasteiger partial charge in [-0.05, 0) is 30.7 Å². The number of rotatable bonds is 3. The zero-order valence-corrected chi connectivity index (χ0v) is 13.3. The predicted molar refractivity (Wildman–Crippen MR) is 89.4 cm³/mol. The number of amides is 1. The third kappa shape index (κ3) is 2.71. The van der Waals surface area contributed by atoms with E-state index in [2.05, 4.69) is 9.88 Å². The number of aromatic nitrogens is 1. The summed E-state index contributed by atoms with van der Waals surface area (Å²) >= 11 is 0. The Kier molecular flexibility index (Phi) is 3.75. The van der Waals surface area contributed by atoms with E-state index in [0.29, 0.717) is 6.04 Å². The summed E-state index contributed by atoms with van der Waals surface area (Å²) in [6, 6.07) is 10.4. The maximum atomic E-state index is 12.7. The van der Waals surface area contributed by atoms with Gasteiger partial charge >= 0.3 is 0 Å². The van der Waals surface area contributed by atoms with Crippen LogP contribution in [0.4, 0.5) is 5.69 Å². The number of carbonyl (C=O) groups excluding carboxylic acids is 1. The van der Waals surface area contributed by atoms with E-state index < -0.39 is 0 Å². The maximum Gasteiger partial charge on any atom is 0.232 e. The number of hydrogen-bond donors (Lipinski definition) is 0. The van der Waals surface area contributed by atoms with Crippen LogP contribution in [0, 0.1) is 5.92 Å². The van der Waals surface area contributed by atoms with Gasteiger partial charge in [-0.2, -0.15) is 0 Å². The number of ether oxygens (including phenoxy) is 1. The SMILES string of the molecule is CN(C(=O)C1CN(C2CCOC2)C1)c1ccc2ncccc2c1. The summed E-state index contributed by atoms with van der Waals surface area (Å²) in [4.78, 5) is 21.1. The largest absolute Gasteiger partial charge is 0.380 e. The van der Waals surface area contributed by atoms with Gasteiger partial charge in [-0.15, -0.1) is 0 Å². The van der Waals surface area contributed by atoms with Crippen molar-refractivity contribution in [2.24, 2.45) is 5.92 Å². The van der Waals surface area contributed by atoms with E-state index in [9.17, 15) is 4.79 Å². The number of fused-ring (bicyclic) bond motifs is 1. The highest BCUT2D eigenvalue weighted by atomic mass is 16.5. The molecule has 5 heteroatoms. The molecule has 2 aliphatic rings. The molecule has 2 saturated heterocycles. The maximum absolute atomic E-state index is 12.7. The van der Waals surface area contributed by atoms with Crippen LogP contribution in [0.5, 0.6) is 0 Å². The number of hydrogen-bond acceptors (Lipinski definition) is 4. The molecule has 23 heavy (non-hydrogen) atoms. The van der Waals surface area contributed by atoms with Gasteiger partial charge in [-0.3, -0.25) is 14.7 Å². The third-order valence-electron chi connectivity index (χ3n) is 4.99. The molecule has 1 unspecified atom stereocenters. The van der Waals surface area contributed by atoms with Gasteiger partial charge in [0.2, 0.25) is 5.91 Å². The molecule has 1 atom stereocenters. The predicted octanol–water partition coefficient (Wildman–Crippen LogP) is 1.92. The Hall–Kier alpha value is -1.98. The van der Waals surface area contributed by atoms with E-state index in [1.54, 1.807) is 11.1 Å². The second kappa shape index (κ2) is 5.91. The lowest BCUT2D eigenvalue weighted by atomic mass is 9.95. The van der Waals surface area contributed by atoms with Crippen molar-refractivity contribution in [1.29, 1.82) is 0 Å². The smallest absolute Gasteiger partial charge is 0.232 e. The molecule has 0 N–H and O–H groups in total. The molecule has 3 heterocycles. The van der Waals surface area contributed by atoms with Crippen LogP contribution < -0.4 is 4.90 Å². The van der Waals surface area contributed by atoms with Crippen LogP contribution in [0.3, 0.4) is 0 Å². The Morgan fingerprint density at radius 2 is 2.22 bits per heavy atom. The summed E-state index contributed by atoms with van der Waals surface area (Å²) < 4.78 is 5.42. The zero-order valence-electron chi connectivity index (χ0n) is 13.3. The molecule has 0 aliphatic carbocycles. The molecule has 4 rings (SSSR count). The van der Waals surface area contributed by atoms with Crippen LogP contribution in [0.25, 0.3) is 10.9 Å². The molecule has 0 saturated carbocycles. The van der Waals surface area contributed by atoms with Gasteiger partial charge in [0.1, 0.15) is 0 Å². The second-order valence-corrected chi connectivity index (χ2v) is 6.45. The third-order valence-corrected chi connectivity index (χ3v) is 4.99. The number of likely N-dealkylation sites (tertiary alicyclic amines) is 1. The van der Waals surface area contributed by atoms with Gasteiger partial charge in [0.25, 0.3) is 0 Å². The quantitative estimate of drug-likeness (QED) is 0.869. The molecule has 0 spiro atoms. The van der Waals surface area contributed by atoms with E-state index in [0.717, 1.165) is 49.3 Å². The molecule has 0 bridgehead atoms. The number of benzene rings is 1. The minimum Gasteiger partial charge on any atom is -0.380 e. The molecule has 1 amide bonds. The number of carbonyl (C=O) groups is 1. The highest BCUT2D eigenvalue weighted by molar-refractivity contribution is 5.97. The number of pyridine rings is 1. The van der Waals surface area contributed by atoms with E-state index in [1.165, 1.54) is 0 Å². The van der Waals surface area contributed by atoms with Crippen LogP contribution in [0.2, 0.25) is 0 Å². The molecule has 0 radical (unpaired) electrons. The van der Waals surface area contributed by atoms with Crippen LogP contribution in [-0.2, 0) is 9.53 Å². The Bertz CT molecular complexity index is 721. The first kappa shape index (κ1) is 14.6. The van der Waals surface area contributed by atoms with Gasteiger partial charge in [0.15, 0.2) is 0 Å². The monoisotopic (exact) mass is 311 g/mol. The van der Waals surface area contributed by atoms with Gasteiger partial charge < -0.3 is 9.64 Å². The standard InChI is InChI=1S/C18H21N3O2/c1-20(15-4-5-17-13(9-15)3-2-7-19-17)18(22)14-10-21(11-14)16-6-8-23-12-16/h2-5,7,9,14,16H,6,8,10-12H2,1H3. The summed E-state index contributed by atoms with van der Waals surface area (Å²) in [7, 11) is 1.86. The molecule has 1 aromatic heterocycles. The minimum atomic E-state index is 0.102. The molecule has 2 aliphatic heterocycles. The summed E-state index contributed by atoms with van der Waals surface area (Å²) in [6.45, 7) is 3.37. The van der Waals surface area contributed by atoms with Crippen LogP contribution in [0.1, 0.15) is 6.42 Å². The first-order valence-electron chi connectivity index (χ1n) is 8.16. The minimum absolute atomic E-state index is 0.102. The molecule has 120 valence electrons. The van der Waals surface area contributed by atoms with Gasteiger partial charge in [0, 0.05) is 50.1 Å². The van der Waals surface area contributed by atoms with Crippen molar-refractivity contribution in [3.05, 3.63) is 36.5 Å². The average molecular weight is 311 g/mol. The molecule has 1 aromatic carbocycles. The Labute approximate surface area is 135 Å². The summed E-state index contributed by atoms with van der Waals surface area (Å²) in [5.74, 6) is 0.300. The lowest BCUT2D eigenvalue weighted by Crippen LogP contribution is -2.57. The molecular weight excluding hydrogens is 290 g/mol. The van der Waals surface area contributed by atoms with Crippen molar-refractivity contribution < 1.29 is 9.53 Å². The highest BCUT2D eigenvalue weighted by Crippen LogP contribution is 2.27. The van der Waals surface area contributed by atoms with Gasteiger partial charge in [-0.1, -0.05) is 6.07 Å². The lowest BCUT2D eigenvalue weighted by molar-refractivity contribution is -0.128. The fourth-order valence-electron chi connectivity index (χ4n) is 3.45. The zero-order chi connectivity index (χ0) is 15.8. The summed E-state index contributed by atoms with van der Waals surface area (Å²) in [5.41, 5.74) is 1.88. The summed E-state index contributed by atoms with van der Waals surface area (Å²) in [6.07, 6.45) is 2.88. The topological polar surface area (TPSA) is 45.7 Å². The van der Waals surface area contributed by atoms with Crippen molar-refractivity contribution in [3.63, 3.8) is 0 Å². The fourth-order valence-corrected chi connectivity index (χ4v) is 3.45. The molecule has 2 fully saturated rings. The van der Waals surface area contributed by atoms with Crippen molar-refractivity contribution in [2.75, 3.05) is 38.3 Å². The summed E-state index contributed by atoms with van der Waals surface area (Å²) in [5, 5.41) is 1.06. The average Bonchev–Trinajstić information content (AvgIpc) is 3.06. The van der Waals surface area contributed by atoms with Crippen LogP contribution >= 0.6 is 0 Å². The van der Waals surface area contributed by atoms with Crippen molar-refractivity contribution in [1.82, 2.24) is 9.88 Å². The normalized spacial score (nSPS) is 22.2. The van der Waals surface area contributed by atoms with Crippen LogP contribution in [0.15, 0.2) is 36.5 Å². The number of anilines is 1. The Morgan fingerprint density at radius 1 is 1.35 bits per heavy atom. The van der Waals surface area contributed by atoms with E-state index >= 15 is 0 Å². The second-order valence-electron chi connectivity index (χ2n) is 6.45. The molecule has 2 aromatic rings. The Balaban J connectivity index is 1.43. The lowest BCUT2D eigenvalue weighted by Gasteiger charge is -2.43. The van der Waals surface area contributed by atoms with E-state index in [-0.39, 0.29) is 11.8 Å². The van der Waals surface area contributed by atoms with Crippen molar-refractivity contribution >= 4 is 22.5 Å². The van der Waals surface area contributed by atoms with Crippen LogP contribution in [-0.4, -0.2) is 55.2 Å². The number of nitrogens with zero attached hydrogens (tertiary/aromatic N) is 3. The van der Waals surface area contributed by atoms with Gasteiger partial charge in [0.05, 0.1) is 18.0 Å². The Morgan fingerprint density at radius 3 is 3.00 bits per heavy atom. The first-order chi connectivity index (χ1) is 11.2. The van der Waals surface area contributed by atoms with Crippen molar-refractivity contribution in [2.45, 2.75) is 12.5 Å².